The van der Waals surface area contributed by atoms with Gasteiger partial charge in [0, 0.05) is 41.4 Å². The summed E-state index contributed by atoms with van der Waals surface area (Å²) in [7, 11) is -0.577. The summed E-state index contributed by atoms with van der Waals surface area (Å²) < 4.78 is 11.5. The van der Waals surface area contributed by atoms with Crippen molar-refractivity contribution >= 4 is 10.8 Å². The van der Waals surface area contributed by atoms with Gasteiger partial charge in [0.2, 0.25) is 0 Å². The van der Waals surface area contributed by atoms with Gasteiger partial charge in [-0.25, -0.2) is 0 Å². The van der Waals surface area contributed by atoms with Crippen molar-refractivity contribution < 1.29 is 4.21 Å². The summed E-state index contributed by atoms with van der Waals surface area (Å²) in [5, 5.41) is 0. The zero-order valence-electron chi connectivity index (χ0n) is 12.7. The molecule has 0 amide bonds. The van der Waals surface area contributed by atoms with E-state index in [0.717, 1.165) is 37.1 Å². The molecule has 0 spiro atoms. The van der Waals surface area contributed by atoms with Crippen molar-refractivity contribution in [1.82, 2.24) is 4.90 Å². The van der Waals surface area contributed by atoms with Crippen LogP contribution < -0.4 is 5.73 Å². The fraction of sp³-hybridized carbons (Fsp3) is 1.00. The molecule has 0 aromatic carbocycles. The first kappa shape index (κ1) is 15.5. The first-order valence-corrected chi connectivity index (χ1v) is 9.19. The van der Waals surface area contributed by atoms with Crippen molar-refractivity contribution in [2.75, 3.05) is 31.1 Å². The Kier molecular flexibility index (Phi) is 5.07. The van der Waals surface area contributed by atoms with Crippen LogP contribution in [-0.2, 0) is 10.8 Å². The number of hydrogen-bond donors (Lipinski definition) is 1. The molecule has 19 heavy (non-hydrogen) atoms. The Hall–Kier alpha value is 0.0700. The molecule has 1 saturated carbocycles. The van der Waals surface area contributed by atoms with Gasteiger partial charge in [-0.3, -0.25) is 9.11 Å². The SMILES string of the molecule is CC(C)(C)C1CCC(CN)C(N2CCS(=O)CC2)C1. The summed E-state index contributed by atoms with van der Waals surface area (Å²) >= 11 is 0. The Bertz CT molecular complexity index is 317. The molecule has 4 heteroatoms. The highest BCUT2D eigenvalue weighted by Gasteiger charge is 2.38. The second kappa shape index (κ2) is 6.23. The van der Waals surface area contributed by atoms with Gasteiger partial charge >= 0.3 is 0 Å². The van der Waals surface area contributed by atoms with Crippen molar-refractivity contribution in [3.63, 3.8) is 0 Å². The number of nitrogens with zero attached hydrogens (tertiary/aromatic N) is 1. The molecule has 2 aliphatic rings. The maximum Gasteiger partial charge on any atom is 0.0363 e. The minimum Gasteiger partial charge on any atom is -0.330 e. The van der Waals surface area contributed by atoms with Crippen LogP contribution in [0.5, 0.6) is 0 Å². The van der Waals surface area contributed by atoms with Crippen LogP contribution in [-0.4, -0.2) is 46.3 Å². The highest BCUT2D eigenvalue weighted by Crippen LogP contribution is 2.41. The quantitative estimate of drug-likeness (QED) is 0.842. The van der Waals surface area contributed by atoms with E-state index in [1.165, 1.54) is 19.3 Å². The zero-order chi connectivity index (χ0) is 14.0. The maximum atomic E-state index is 11.5. The molecular weight excluding hydrogens is 256 g/mol. The molecule has 0 aromatic heterocycles. The van der Waals surface area contributed by atoms with E-state index in [2.05, 4.69) is 25.7 Å². The molecule has 2 rings (SSSR count). The molecule has 0 bridgehead atoms. The topological polar surface area (TPSA) is 46.3 Å². The standard InChI is InChI=1S/C15H30N2OS/c1-15(2,3)13-5-4-12(11-16)14(10-13)17-6-8-19(18)9-7-17/h12-14H,4-11,16H2,1-3H3. The summed E-state index contributed by atoms with van der Waals surface area (Å²) in [6, 6.07) is 0.625. The number of rotatable bonds is 2. The van der Waals surface area contributed by atoms with Gasteiger partial charge in [0.15, 0.2) is 0 Å². The Morgan fingerprint density at radius 1 is 1.21 bits per heavy atom. The van der Waals surface area contributed by atoms with E-state index in [0.29, 0.717) is 17.4 Å². The zero-order valence-corrected chi connectivity index (χ0v) is 13.5. The smallest absolute Gasteiger partial charge is 0.0363 e. The summed E-state index contributed by atoms with van der Waals surface area (Å²) in [5.41, 5.74) is 6.39. The predicted octanol–water partition coefficient (Wildman–Crippen LogP) is 1.84. The first-order chi connectivity index (χ1) is 8.91. The summed E-state index contributed by atoms with van der Waals surface area (Å²) in [5.74, 6) is 3.15. The van der Waals surface area contributed by atoms with E-state index in [1.807, 2.05) is 0 Å². The molecule has 1 heterocycles. The van der Waals surface area contributed by atoms with Gasteiger partial charge in [0.05, 0.1) is 0 Å². The summed E-state index contributed by atoms with van der Waals surface area (Å²) in [4.78, 5) is 2.58. The van der Waals surface area contributed by atoms with Crippen LogP contribution in [0.3, 0.4) is 0 Å². The molecule has 3 atom stereocenters. The second-order valence-corrected chi connectivity index (χ2v) is 9.02. The molecular formula is C15H30N2OS. The molecule has 0 radical (unpaired) electrons. The molecule has 2 N–H and O–H groups in total. The van der Waals surface area contributed by atoms with Crippen molar-refractivity contribution in [2.45, 2.75) is 46.1 Å². The van der Waals surface area contributed by atoms with E-state index in [1.54, 1.807) is 0 Å². The summed E-state index contributed by atoms with van der Waals surface area (Å²) in [6.45, 7) is 9.91. The van der Waals surface area contributed by atoms with Crippen molar-refractivity contribution in [2.24, 2.45) is 23.0 Å². The van der Waals surface area contributed by atoms with Gasteiger partial charge < -0.3 is 5.73 Å². The van der Waals surface area contributed by atoms with E-state index in [4.69, 9.17) is 5.73 Å². The third-order valence-electron chi connectivity index (χ3n) is 5.16. The lowest BCUT2D eigenvalue weighted by Crippen LogP contribution is -2.52. The number of hydrogen-bond acceptors (Lipinski definition) is 3. The van der Waals surface area contributed by atoms with Gasteiger partial charge in [0.25, 0.3) is 0 Å². The normalized spacial score (nSPS) is 35.5. The third-order valence-corrected chi connectivity index (χ3v) is 6.44. The van der Waals surface area contributed by atoms with E-state index >= 15 is 0 Å². The van der Waals surface area contributed by atoms with Gasteiger partial charge in [-0.05, 0) is 43.1 Å². The monoisotopic (exact) mass is 286 g/mol. The van der Waals surface area contributed by atoms with Gasteiger partial charge in [-0.15, -0.1) is 0 Å². The van der Waals surface area contributed by atoms with Crippen molar-refractivity contribution in [3.05, 3.63) is 0 Å². The average Bonchev–Trinajstić information content (AvgIpc) is 2.38. The molecule has 3 nitrogen and oxygen atoms in total. The van der Waals surface area contributed by atoms with Crippen molar-refractivity contribution in [3.8, 4) is 0 Å². The lowest BCUT2D eigenvalue weighted by Gasteiger charge is -2.47. The Morgan fingerprint density at radius 2 is 1.84 bits per heavy atom. The van der Waals surface area contributed by atoms with E-state index in [9.17, 15) is 4.21 Å². The lowest BCUT2D eigenvalue weighted by atomic mass is 9.67. The molecule has 3 unspecified atom stereocenters. The van der Waals surface area contributed by atoms with Crippen LogP contribution in [0.15, 0.2) is 0 Å². The van der Waals surface area contributed by atoms with Gasteiger partial charge in [-0.1, -0.05) is 20.8 Å². The Balaban J connectivity index is 2.03. The third kappa shape index (κ3) is 3.79. The van der Waals surface area contributed by atoms with E-state index < -0.39 is 10.8 Å². The molecule has 1 aliphatic heterocycles. The Labute approximate surface area is 120 Å². The molecule has 0 aromatic rings. The minimum atomic E-state index is -0.577. The minimum absolute atomic E-state index is 0.399. The van der Waals surface area contributed by atoms with Crippen LogP contribution in [0.1, 0.15) is 40.0 Å². The van der Waals surface area contributed by atoms with Crippen LogP contribution in [0.4, 0.5) is 0 Å². The first-order valence-electron chi connectivity index (χ1n) is 7.71. The van der Waals surface area contributed by atoms with Crippen LogP contribution >= 0.6 is 0 Å². The lowest BCUT2D eigenvalue weighted by molar-refractivity contribution is 0.0502. The van der Waals surface area contributed by atoms with Crippen LogP contribution in [0.25, 0.3) is 0 Å². The van der Waals surface area contributed by atoms with Gasteiger partial charge in [0.1, 0.15) is 0 Å². The molecule has 112 valence electrons. The molecule has 2 fully saturated rings. The molecule has 1 aliphatic carbocycles. The molecule has 1 saturated heterocycles. The predicted molar refractivity (Wildman–Crippen MR) is 82.6 cm³/mol. The highest BCUT2D eigenvalue weighted by atomic mass is 32.2. The summed E-state index contributed by atoms with van der Waals surface area (Å²) in [6.07, 6.45) is 3.86. The highest BCUT2D eigenvalue weighted by molar-refractivity contribution is 7.85. The fourth-order valence-corrected chi connectivity index (χ4v) is 4.78. The fourth-order valence-electron chi connectivity index (χ4n) is 3.70. The second-order valence-electron chi connectivity index (χ2n) is 7.32. The largest absolute Gasteiger partial charge is 0.330 e. The van der Waals surface area contributed by atoms with Crippen LogP contribution in [0, 0.1) is 17.3 Å². The Morgan fingerprint density at radius 3 is 2.37 bits per heavy atom. The van der Waals surface area contributed by atoms with E-state index in [-0.39, 0.29) is 0 Å². The average molecular weight is 286 g/mol. The number of nitrogens with two attached hydrogens (primary N) is 1. The maximum absolute atomic E-state index is 11.5. The van der Waals surface area contributed by atoms with Crippen LogP contribution in [0.2, 0.25) is 0 Å². The van der Waals surface area contributed by atoms with Gasteiger partial charge in [-0.2, -0.15) is 0 Å². The van der Waals surface area contributed by atoms with Crippen molar-refractivity contribution in [1.29, 1.82) is 0 Å².